The largest absolute Gasteiger partial charge is 0.480 e. The predicted molar refractivity (Wildman–Crippen MR) is 90.7 cm³/mol. The average molecular weight is 321 g/mol. The Bertz CT molecular complexity index is 846. The van der Waals surface area contributed by atoms with Crippen LogP contribution in [0.4, 0.5) is 5.69 Å². The summed E-state index contributed by atoms with van der Waals surface area (Å²) < 4.78 is 5.73. The first-order valence-electron chi connectivity index (χ1n) is 7.55. The van der Waals surface area contributed by atoms with Crippen molar-refractivity contribution in [2.45, 2.75) is 40.2 Å². The van der Waals surface area contributed by atoms with Gasteiger partial charge in [0.25, 0.3) is 5.91 Å². The molecule has 0 radical (unpaired) electrons. The van der Waals surface area contributed by atoms with Gasteiger partial charge in [0.15, 0.2) is 11.3 Å². The average Bonchev–Trinajstić information content (AvgIpc) is 2.74. The Hall–Kier alpha value is -3.05. The van der Waals surface area contributed by atoms with Crippen molar-refractivity contribution in [3.05, 3.63) is 51.8 Å². The Kier molecular flexibility index (Phi) is 4.48. The van der Waals surface area contributed by atoms with Gasteiger partial charge in [0, 0.05) is 5.69 Å². The van der Waals surface area contributed by atoms with Crippen molar-refractivity contribution in [1.29, 1.82) is 10.5 Å². The second-order valence-corrected chi connectivity index (χ2v) is 6.31. The summed E-state index contributed by atoms with van der Waals surface area (Å²) in [5, 5.41) is 21.1. The molecule has 0 fully saturated rings. The van der Waals surface area contributed by atoms with E-state index >= 15 is 0 Å². The number of aryl methyl sites for hydroxylation is 2. The van der Waals surface area contributed by atoms with E-state index in [4.69, 9.17) is 15.3 Å². The van der Waals surface area contributed by atoms with E-state index in [1.807, 2.05) is 32.0 Å². The minimum absolute atomic E-state index is 0.0461. The lowest BCUT2D eigenvalue weighted by atomic mass is 9.96. The van der Waals surface area contributed by atoms with Crippen molar-refractivity contribution in [2.24, 2.45) is 0 Å². The van der Waals surface area contributed by atoms with Gasteiger partial charge in [0.2, 0.25) is 0 Å². The lowest BCUT2D eigenvalue weighted by Gasteiger charge is -2.20. The van der Waals surface area contributed by atoms with Crippen LogP contribution in [0.25, 0.3) is 0 Å². The molecule has 1 aromatic rings. The van der Waals surface area contributed by atoms with Gasteiger partial charge in [-0.1, -0.05) is 17.7 Å². The molecule has 0 aliphatic carbocycles. The number of rotatable bonds is 2. The Morgan fingerprint density at radius 2 is 1.79 bits per heavy atom. The topological polar surface area (TPSA) is 85.9 Å². The van der Waals surface area contributed by atoms with Crippen molar-refractivity contribution in [2.75, 3.05) is 5.32 Å². The van der Waals surface area contributed by atoms with Gasteiger partial charge in [-0.2, -0.15) is 10.5 Å². The monoisotopic (exact) mass is 321 g/mol. The highest BCUT2D eigenvalue weighted by Crippen LogP contribution is 2.39. The molecule has 0 saturated carbocycles. The fraction of sp³-hybridized carbons (Fsp3) is 0.316. The van der Waals surface area contributed by atoms with E-state index in [1.54, 1.807) is 32.9 Å². The molecule has 24 heavy (non-hydrogen) atoms. The lowest BCUT2D eigenvalue weighted by Crippen LogP contribution is -2.20. The Morgan fingerprint density at radius 1 is 1.17 bits per heavy atom. The molecule has 1 aliphatic rings. The van der Waals surface area contributed by atoms with Crippen LogP contribution in [0.3, 0.4) is 0 Å². The van der Waals surface area contributed by atoms with Gasteiger partial charge < -0.3 is 10.1 Å². The number of carbonyl (C=O) groups is 1. The highest BCUT2D eigenvalue weighted by molar-refractivity contribution is 6.08. The summed E-state index contributed by atoms with van der Waals surface area (Å²) in [7, 11) is 0. The van der Waals surface area contributed by atoms with Crippen LogP contribution in [0.15, 0.2) is 40.7 Å². The van der Waals surface area contributed by atoms with Crippen LogP contribution in [0, 0.1) is 36.5 Å². The quantitative estimate of drug-likeness (QED) is 0.842. The molecular formula is C19H19N3O2. The zero-order valence-electron chi connectivity index (χ0n) is 14.4. The third kappa shape index (κ3) is 3.02. The number of benzene rings is 1. The summed E-state index contributed by atoms with van der Waals surface area (Å²) in [5.41, 5.74) is 2.70. The highest BCUT2D eigenvalue weighted by atomic mass is 16.5. The summed E-state index contributed by atoms with van der Waals surface area (Å²) in [6.07, 6.45) is 0. The Balaban J connectivity index is 2.49. The molecule has 5 nitrogen and oxygen atoms in total. The SMILES string of the molecule is CC1=C(C(=O)Nc2ccc(C)cc2C)C(=C(C#N)C#N)OC1(C)C. The van der Waals surface area contributed by atoms with Crippen molar-refractivity contribution >= 4 is 11.6 Å². The molecule has 122 valence electrons. The second-order valence-electron chi connectivity index (χ2n) is 6.31. The number of ether oxygens (including phenoxy) is 1. The van der Waals surface area contributed by atoms with Gasteiger partial charge in [-0.05, 0) is 51.8 Å². The van der Waals surface area contributed by atoms with E-state index in [0.717, 1.165) is 11.1 Å². The Labute approximate surface area is 141 Å². The summed E-state index contributed by atoms with van der Waals surface area (Å²) in [6.45, 7) is 9.26. The van der Waals surface area contributed by atoms with Gasteiger partial charge in [0.05, 0.1) is 5.57 Å². The molecule has 1 N–H and O–H groups in total. The van der Waals surface area contributed by atoms with Crippen LogP contribution in [0.1, 0.15) is 31.9 Å². The van der Waals surface area contributed by atoms with Crippen LogP contribution >= 0.6 is 0 Å². The van der Waals surface area contributed by atoms with Crippen LogP contribution in [0.5, 0.6) is 0 Å². The molecule has 0 bridgehead atoms. The normalized spacial score (nSPS) is 15.4. The van der Waals surface area contributed by atoms with Gasteiger partial charge in [0.1, 0.15) is 17.7 Å². The molecule has 1 heterocycles. The number of amides is 1. The zero-order chi connectivity index (χ0) is 18.1. The molecule has 0 spiro atoms. The summed E-state index contributed by atoms with van der Waals surface area (Å²) in [5.74, 6) is -0.340. The number of carbonyl (C=O) groups excluding carboxylic acids is 1. The first kappa shape index (κ1) is 17.3. The molecule has 0 atom stereocenters. The lowest BCUT2D eigenvalue weighted by molar-refractivity contribution is -0.112. The molecule has 0 aromatic heterocycles. The van der Waals surface area contributed by atoms with E-state index < -0.39 is 5.60 Å². The minimum atomic E-state index is -0.747. The number of nitriles is 2. The molecule has 1 aromatic carbocycles. The third-order valence-corrected chi connectivity index (χ3v) is 4.17. The molecule has 5 heteroatoms. The fourth-order valence-electron chi connectivity index (χ4n) is 2.57. The van der Waals surface area contributed by atoms with Gasteiger partial charge in [-0.15, -0.1) is 0 Å². The van der Waals surface area contributed by atoms with E-state index in [2.05, 4.69) is 5.32 Å². The Morgan fingerprint density at radius 3 is 2.33 bits per heavy atom. The maximum Gasteiger partial charge on any atom is 0.259 e. The van der Waals surface area contributed by atoms with E-state index in [-0.39, 0.29) is 22.8 Å². The fourth-order valence-corrected chi connectivity index (χ4v) is 2.57. The van der Waals surface area contributed by atoms with Gasteiger partial charge >= 0.3 is 0 Å². The molecular weight excluding hydrogens is 302 g/mol. The molecule has 0 unspecified atom stereocenters. The predicted octanol–water partition coefficient (Wildman–Crippen LogP) is 3.67. The van der Waals surface area contributed by atoms with Crippen LogP contribution in [0.2, 0.25) is 0 Å². The van der Waals surface area contributed by atoms with Crippen LogP contribution in [-0.2, 0) is 9.53 Å². The van der Waals surface area contributed by atoms with E-state index in [9.17, 15) is 4.79 Å². The minimum Gasteiger partial charge on any atom is -0.480 e. The van der Waals surface area contributed by atoms with Gasteiger partial charge in [-0.25, -0.2) is 0 Å². The number of anilines is 1. The third-order valence-electron chi connectivity index (χ3n) is 4.17. The molecule has 2 rings (SSSR count). The molecule has 1 aliphatic heterocycles. The molecule has 1 amide bonds. The van der Waals surface area contributed by atoms with Crippen LogP contribution < -0.4 is 5.32 Å². The van der Waals surface area contributed by atoms with E-state index in [1.165, 1.54) is 0 Å². The van der Waals surface area contributed by atoms with Crippen molar-refractivity contribution < 1.29 is 9.53 Å². The number of nitrogens with one attached hydrogen (secondary N) is 1. The first-order valence-corrected chi connectivity index (χ1v) is 7.55. The summed E-state index contributed by atoms with van der Waals surface area (Å²) in [4.78, 5) is 12.8. The summed E-state index contributed by atoms with van der Waals surface area (Å²) in [6, 6.07) is 9.31. The first-order chi connectivity index (χ1) is 11.2. The second kappa shape index (κ2) is 6.22. The van der Waals surface area contributed by atoms with E-state index in [0.29, 0.717) is 11.3 Å². The zero-order valence-corrected chi connectivity index (χ0v) is 14.4. The maximum absolute atomic E-state index is 12.8. The maximum atomic E-state index is 12.8. The van der Waals surface area contributed by atoms with Gasteiger partial charge in [-0.3, -0.25) is 4.79 Å². The van der Waals surface area contributed by atoms with Crippen molar-refractivity contribution in [3.63, 3.8) is 0 Å². The standard InChI is InChI=1S/C19H19N3O2/c1-11-6-7-15(12(2)8-11)22-18(23)16-13(3)19(4,5)24-17(16)14(9-20)10-21/h6-8H,1-5H3,(H,22,23). The number of allylic oxidation sites excluding steroid dienone is 1. The number of nitrogens with zero attached hydrogens (tertiary/aromatic N) is 2. The highest BCUT2D eigenvalue weighted by Gasteiger charge is 2.40. The molecule has 0 saturated heterocycles. The van der Waals surface area contributed by atoms with Crippen molar-refractivity contribution in [3.8, 4) is 12.1 Å². The smallest absolute Gasteiger partial charge is 0.259 e. The van der Waals surface area contributed by atoms with Crippen molar-refractivity contribution in [1.82, 2.24) is 0 Å². The summed E-state index contributed by atoms with van der Waals surface area (Å²) >= 11 is 0. The van der Waals surface area contributed by atoms with Crippen LogP contribution in [-0.4, -0.2) is 11.5 Å². The number of hydrogen-bond acceptors (Lipinski definition) is 4. The number of hydrogen-bond donors (Lipinski definition) is 1.